The van der Waals surface area contributed by atoms with Gasteiger partial charge in [-0.25, -0.2) is 101 Å². The van der Waals surface area contributed by atoms with E-state index in [1.807, 2.05) is 18.2 Å². The van der Waals surface area contributed by atoms with Crippen molar-refractivity contribution in [2.75, 3.05) is 53.0 Å². The number of carboxylic acid groups (broad SMARTS) is 2. The lowest BCUT2D eigenvalue weighted by Crippen LogP contribution is -2.27. The first-order valence-electron chi connectivity index (χ1n) is 40.2. The molecular weight excluding hydrogens is 1840 g/mol. The van der Waals surface area contributed by atoms with E-state index in [-0.39, 0.29) is 138 Å². The van der Waals surface area contributed by atoms with Crippen LogP contribution in [0, 0.1) is 40.4 Å². The maximum Gasteiger partial charge on any atom is 0.359 e. The first-order chi connectivity index (χ1) is 66.7. The van der Waals surface area contributed by atoms with Crippen LogP contribution in [-0.2, 0) is 98.3 Å². The summed E-state index contributed by atoms with van der Waals surface area (Å²) in [5.74, 6) is -12.5. The number of halogens is 5. The number of aromatic amines is 1. The van der Waals surface area contributed by atoms with Crippen molar-refractivity contribution >= 4 is 105 Å². The number of nitrogens with zero attached hydrogens (tertiary/aromatic N) is 14. The van der Waals surface area contributed by atoms with Gasteiger partial charge in [0.15, 0.2) is 126 Å². The van der Waals surface area contributed by atoms with Crippen molar-refractivity contribution in [1.29, 1.82) is 5.26 Å². The second-order valence-electron chi connectivity index (χ2n) is 29.2. The molecule has 0 radical (unpaired) electrons. The van der Waals surface area contributed by atoms with Gasteiger partial charge in [-0.1, -0.05) is 30.3 Å². The number of hydrogen-bond acceptors (Lipinski definition) is 37. The zero-order valence-electron chi connectivity index (χ0n) is 71.9. The Bertz CT molecular complexity index is 6880. The number of carbonyl (C=O) groups is 15. The lowest BCUT2D eigenvalue weighted by atomic mass is 10.0. The molecule has 7 aromatic heterocycles. The van der Waals surface area contributed by atoms with Crippen LogP contribution in [0.2, 0.25) is 0 Å². The summed E-state index contributed by atoms with van der Waals surface area (Å²) in [7, 11) is 2.11. The van der Waals surface area contributed by atoms with E-state index in [1.54, 1.807) is 78.9 Å². The Kier molecular flexibility index (Phi) is 32.4. The topological polar surface area (TPSA) is 680 Å². The summed E-state index contributed by atoms with van der Waals surface area (Å²) in [4.78, 5) is 215. The average Bonchev–Trinajstić information content (AvgIpc) is 1.77. The predicted molar refractivity (Wildman–Crippen MR) is 455 cm³/mol. The Labute approximate surface area is 775 Å². The van der Waals surface area contributed by atoms with E-state index in [0.29, 0.717) is 68.5 Å². The van der Waals surface area contributed by atoms with Crippen LogP contribution in [0.4, 0.5) is 27.8 Å². The van der Waals surface area contributed by atoms with Crippen LogP contribution >= 0.6 is 0 Å². The molecule has 0 bridgehead atoms. The molecule has 0 unspecified atom stereocenters. The van der Waals surface area contributed by atoms with Gasteiger partial charge >= 0.3 is 23.9 Å². The van der Waals surface area contributed by atoms with Gasteiger partial charge in [-0.15, -0.1) is 0 Å². The molecule has 6 amide bonds. The molecule has 0 saturated carbocycles. The SMILES string of the molecule is COC(=O)c1ncnc(C(=O)NCc2ccc3c(c2)CC(=O)CO3)c1F.COC(=O)c1ncnc(C(=O)O)c1F.N#Cc1ncnc(C(=O)NCc2ccc3c(c2)CC(=O)CO3)c1F.NC(=O)c1ncnc(C(=O)NCc2ccc3c(c2)CC(=O)CO3)c1F.Nc1n[nH]c2c(C(=O)NCc3ccc4c(c3)CC(=O)CO4)ncnc12.O=C1COc2ccc(CNC(=O)c3ncnc(C(=O)O)c3F)cc2C1. The van der Waals surface area contributed by atoms with Gasteiger partial charge in [0, 0.05) is 92.6 Å². The minimum atomic E-state index is -1.59. The van der Waals surface area contributed by atoms with Crippen molar-refractivity contribution in [3.05, 3.63) is 276 Å². The highest BCUT2D eigenvalue weighted by Crippen LogP contribution is 2.31. The van der Waals surface area contributed by atoms with Gasteiger partial charge in [0.25, 0.3) is 35.4 Å². The van der Waals surface area contributed by atoms with Crippen molar-refractivity contribution in [1.82, 2.24) is 96.6 Å². The Morgan fingerprint density at radius 2 is 0.626 bits per heavy atom. The smallest absolute Gasteiger partial charge is 0.359 e. The Morgan fingerprint density at radius 3 is 0.928 bits per heavy atom. The molecule has 12 N–H and O–H groups in total. The molecule has 5 aliphatic heterocycles. The minimum absolute atomic E-state index is 0.0178. The molecule has 0 saturated heterocycles. The largest absolute Gasteiger partial charge is 0.486 e. The number of rotatable bonds is 20. The van der Waals surface area contributed by atoms with Gasteiger partial charge in [0.05, 0.1) is 14.2 Å². The second-order valence-corrected chi connectivity index (χ2v) is 29.2. The maximum atomic E-state index is 14.2. The molecule has 710 valence electrons. The third-order valence-electron chi connectivity index (χ3n) is 19.7. The lowest BCUT2D eigenvalue weighted by molar-refractivity contribution is -0.122. The number of esters is 2. The average molecular weight is 1910 g/mol. The molecule has 139 heavy (non-hydrogen) atoms. The Morgan fingerprint density at radius 1 is 0.374 bits per heavy atom. The van der Waals surface area contributed by atoms with Crippen LogP contribution in [0.15, 0.2) is 129 Å². The number of carbonyl (C=O) groups excluding carboxylic acids is 13. The van der Waals surface area contributed by atoms with Gasteiger partial charge in [0.2, 0.25) is 0 Å². The summed E-state index contributed by atoms with van der Waals surface area (Å²) in [5.41, 5.74) is 12.6. The van der Waals surface area contributed by atoms with E-state index >= 15 is 0 Å². The number of carboxylic acids is 2. The number of hydrogen-bond donors (Lipinski definition) is 10. The van der Waals surface area contributed by atoms with Crippen molar-refractivity contribution in [3.63, 3.8) is 0 Å². The summed E-state index contributed by atoms with van der Waals surface area (Å²) >= 11 is 0. The highest BCUT2D eigenvalue weighted by atomic mass is 19.1. The highest BCUT2D eigenvalue weighted by molar-refractivity contribution is 6.05. The lowest BCUT2D eigenvalue weighted by Gasteiger charge is -2.17. The van der Waals surface area contributed by atoms with Gasteiger partial charge in [0.1, 0.15) is 117 Å². The molecule has 17 rings (SSSR count). The number of nitrogens with two attached hydrogens (primary N) is 2. The number of Topliss-reactive ketones (excluding diaryl/α,β-unsaturated/α-hetero) is 5. The molecule has 46 nitrogen and oxygen atoms in total. The number of ketones is 5. The van der Waals surface area contributed by atoms with Crippen LogP contribution in [0.1, 0.15) is 166 Å². The van der Waals surface area contributed by atoms with Crippen LogP contribution in [-0.4, -0.2) is 216 Å². The first-order valence-corrected chi connectivity index (χ1v) is 40.2. The number of H-pyrrole nitrogens is 1. The molecule has 0 spiro atoms. The highest BCUT2D eigenvalue weighted by Gasteiger charge is 2.30. The Balaban J connectivity index is 0.000000151. The molecule has 5 aliphatic rings. The number of methoxy groups -OCH3 is 2. The number of nitriles is 1. The predicted octanol–water partition coefficient (Wildman–Crippen LogP) is 3.12. The fraction of sp³-hybridized carbons (Fsp3) is 0.193. The minimum Gasteiger partial charge on any atom is -0.486 e. The standard InChI is InChI=1S/C17H14FN3O5.C16H13FN4O4.C16H11FN4O3.C16H12FN3O5.C16H14N6O3.C7H5FN2O4/c1-25-17(24)15-13(18)14(20-8-21-15)16(23)19-6-9-2-3-12-10(4-9)5-11(22)7-26-12;17-12-13(15(18)23)20-7-21-14(12)16(24)19-5-8-1-2-11-9(3-8)4-10(22)6-25-11;17-14-12(5-18)20-8-21-15(14)16(23)19-6-9-1-2-13-10(3-9)4-11(22)7-24-13;17-12-13(19-7-20-14(12)16(23)24)15(22)18-5-8-1-2-11-9(3-8)4-10(21)6-25-11;17-15-13-12(21-22-15)14(20-7-19-13)16(24)18-5-8-1-2-11-9(3-8)4-10(23)6-25-11;1-14-7(13)5-3(8)4(6(11)12)9-2-10-5/h2-4,8H,5-7H2,1H3,(H,19,23);1-3,7H,4-6H2,(H2,18,23)(H,19,24);1-3,8H,4,6-7H2,(H,19,23);1-3,7H,4-6H2,(H,18,22)(H,23,24);1-3,7H,4-6H2,(H,18,24)(H3,17,21,22);2H,1H3,(H,11,12). The monoisotopic (exact) mass is 1910 g/mol. The van der Waals surface area contributed by atoms with Crippen molar-refractivity contribution in [3.8, 4) is 34.8 Å². The molecule has 12 heterocycles. The molecule has 51 heteroatoms. The number of primary amides is 1. The quantitative estimate of drug-likeness (QED) is 0.0387. The zero-order chi connectivity index (χ0) is 99.8. The fourth-order valence-corrected chi connectivity index (χ4v) is 13.1. The summed E-state index contributed by atoms with van der Waals surface area (Å²) in [6, 6.07) is 27.7. The van der Waals surface area contributed by atoms with Crippen molar-refractivity contribution in [2.24, 2.45) is 5.73 Å². The third kappa shape index (κ3) is 25.1. The number of amides is 6. The molecule has 0 aliphatic carbocycles. The normalized spacial score (nSPS) is 12.6. The van der Waals surface area contributed by atoms with E-state index in [2.05, 4.69) is 106 Å². The van der Waals surface area contributed by atoms with Gasteiger partial charge < -0.3 is 81.4 Å². The van der Waals surface area contributed by atoms with Gasteiger partial charge in [-0.2, -0.15) is 10.4 Å². The van der Waals surface area contributed by atoms with Crippen LogP contribution in [0.5, 0.6) is 28.7 Å². The molecule has 0 fully saturated rings. The third-order valence-corrected chi connectivity index (χ3v) is 19.7. The van der Waals surface area contributed by atoms with E-state index in [1.165, 1.54) is 6.33 Å². The summed E-state index contributed by atoms with van der Waals surface area (Å²) < 4.78 is 104. The van der Waals surface area contributed by atoms with Crippen molar-refractivity contribution < 1.29 is 137 Å². The van der Waals surface area contributed by atoms with E-state index < -0.39 is 139 Å². The Hall–Kier alpha value is -19.0. The molecular formula is C88H69F5N22O24. The molecule has 5 aromatic carbocycles. The maximum absolute atomic E-state index is 14.2. The second kappa shape index (κ2) is 45.4. The summed E-state index contributed by atoms with van der Waals surface area (Å²) in [6.45, 7) is 0.941. The number of anilines is 1. The zero-order valence-corrected chi connectivity index (χ0v) is 71.9. The number of benzene rings is 5. The number of nitrogen functional groups attached to an aromatic ring is 1. The van der Waals surface area contributed by atoms with Crippen molar-refractivity contribution in [2.45, 2.75) is 64.8 Å². The number of ether oxygens (including phenoxy) is 7. The van der Waals surface area contributed by atoms with Gasteiger partial charge in [-0.3, -0.25) is 57.8 Å². The number of fused-ring (bicyclic) bond motifs is 6. The van der Waals surface area contributed by atoms with Crippen LogP contribution < -0.4 is 61.7 Å². The van der Waals surface area contributed by atoms with E-state index in [9.17, 15) is 93.9 Å². The van der Waals surface area contributed by atoms with E-state index in [0.717, 1.165) is 79.2 Å². The van der Waals surface area contributed by atoms with Crippen LogP contribution in [0.3, 0.4) is 0 Å². The molecule has 12 aromatic rings. The fourth-order valence-electron chi connectivity index (χ4n) is 13.1. The molecule has 0 atom stereocenters. The van der Waals surface area contributed by atoms with E-state index in [4.69, 9.17) is 50.6 Å². The number of nitrogens with one attached hydrogen (secondary N) is 6. The summed E-state index contributed by atoms with van der Waals surface area (Å²) in [5, 5.41) is 45.3. The summed E-state index contributed by atoms with van der Waals surface area (Å²) in [6.07, 6.45) is 7.01. The number of aromatic nitrogens is 14. The van der Waals surface area contributed by atoms with Crippen LogP contribution in [0.25, 0.3) is 11.0 Å². The number of aromatic carboxylic acids is 2. The first kappa shape index (κ1) is 99.1. The van der Waals surface area contributed by atoms with Gasteiger partial charge in [-0.05, 0) is 88.5 Å².